The zero-order chi connectivity index (χ0) is 29.4. The van der Waals surface area contributed by atoms with Gasteiger partial charge in [-0.05, 0) is 40.5 Å². The Labute approximate surface area is 242 Å². The number of Topliss-reactive ketones (excluding diaryl/α,β-unsaturated/α-hetero) is 2. The molecule has 4 aromatic rings. The highest BCUT2D eigenvalue weighted by atomic mass is 35.5. The van der Waals surface area contributed by atoms with Crippen molar-refractivity contribution in [1.29, 1.82) is 0 Å². The Kier molecular flexibility index (Phi) is 9.67. The lowest BCUT2D eigenvalue weighted by atomic mass is 10.0. The smallest absolute Gasteiger partial charge is 0.292 e. The van der Waals surface area contributed by atoms with E-state index in [0.717, 1.165) is 5.56 Å². The number of ketones is 2. The molecule has 1 unspecified atom stereocenters. The third-order valence-corrected chi connectivity index (χ3v) is 7.60. The number of hydrogen-bond donors (Lipinski definition) is 2. The van der Waals surface area contributed by atoms with Crippen LogP contribution in [0.1, 0.15) is 27.5 Å². The van der Waals surface area contributed by atoms with E-state index < -0.39 is 39.3 Å². The molecule has 4 rings (SSSR count). The van der Waals surface area contributed by atoms with Crippen LogP contribution in [0.15, 0.2) is 103 Å². The molecule has 0 radical (unpaired) electrons. The molecule has 0 fully saturated rings. The molecule has 0 aromatic heterocycles. The van der Waals surface area contributed by atoms with Gasteiger partial charge in [-0.25, -0.2) is 0 Å². The van der Waals surface area contributed by atoms with Crippen LogP contribution in [0, 0.1) is 0 Å². The molecule has 210 valence electrons. The third-order valence-electron chi connectivity index (χ3n) is 6.17. The summed E-state index contributed by atoms with van der Waals surface area (Å²) in [7, 11) is -4.76. The fourth-order valence-corrected chi connectivity index (χ4v) is 5.37. The van der Waals surface area contributed by atoms with Crippen LogP contribution in [0.2, 0.25) is 5.02 Å². The van der Waals surface area contributed by atoms with Crippen molar-refractivity contribution in [2.75, 3.05) is 5.32 Å². The molecule has 1 atom stereocenters. The molecule has 10 heteroatoms. The lowest BCUT2D eigenvalue weighted by molar-refractivity contribution is -0.134. The molecule has 0 heterocycles. The molecule has 8 nitrogen and oxygen atoms in total. The molecule has 0 bridgehead atoms. The Morgan fingerprint density at radius 3 is 2.10 bits per heavy atom. The maximum absolute atomic E-state index is 13.0. The van der Waals surface area contributed by atoms with Gasteiger partial charge in [-0.3, -0.25) is 18.9 Å². The number of ether oxygens (including phenoxy) is 1. The van der Waals surface area contributed by atoms with Gasteiger partial charge in [0.1, 0.15) is 12.4 Å². The van der Waals surface area contributed by atoms with Crippen LogP contribution < -0.4 is 10.1 Å². The second-order valence-corrected chi connectivity index (χ2v) is 11.1. The summed E-state index contributed by atoms with van der Waals surface area (Å²) in [5.41, 5.74) is 2.04. The van der Waals surface area contributed by atoms with E-state index in [2.05, 4.69) is 5.32 Å². The van der Waals surface area contributed by atoms with E-state index in [4.69, 9.17) is 16.3 Å². The molecule has 0 saturated carbocycles. The van der Waals surface area contributed by atoms with E-state index in [1.54, 1.807) is 48.5 Å². The normalized spacial score (nSPS) is 11.9. The van der Waals surface area contributed by atoms with Gasteiger partial charge in [0.05, 0.1) is 5.02 Å². The summed E-state index contributed by atoms with van der Waals surface area (Å²) in [6.07, 6.45) is -0.644. The van der Waals surface area contributed by atoms with E-state index in [-0.39, 0.29) is 23.2 Å². The summed E-state index contributed by atoms with van der Waals surface area (Å²) >= 11 is 6.33. The minimum Gasteiger partial charge on any atom is -0.487 e. The van der Waals surface area contributed by atoms with Crippen LogP contribution in [0.4, 0.5) is 5.69 Å². The maximum atomic E-state index is 13.0. The number of anilines is 1. The molecule has 4 aromatic carbocycles. The number of carbonyl (C=O) groups is 3. The van der Waals surface area contributed by atoms with Crippen molar-refractivity contribution in [3.8, 4) is 5.75 Å². The van der Waals surface area contributed by atoms with E-state index in [0.29, 0.717) is 22.9 Å². The van der Waals surface area contributed by atoms with Crippen molar-refractivity contribution in [3.05, 3.63) is 130 Å². The van der Waals surface area contributed by atoms with Crippen LogP contribution >= 0.6 is 11.6 Å². The highest BCUT2D eigenvalue weighted by Crippen LogP contribution is 2.28. The number of nitrogens with one attached hydrogen (secondary N) is 1. The molecular formula is C31H26ClNO7S. The molecule has 41 heavy (non-hydrogen) atoms. The maximum Gasteiger partial charge on any atom is 0.292 e. The van der Waals surface area contributed by atoms with Crippen LogP contribution in [0.3, 0.4) is 0 Å². The fraction of sp³-hybridized carbons (Fsp3) is 0.129. The highest BCUT2D eigenvalue weighted by molar-refractivity contribution is 7.86. The summed E-state index contributed by atoms with van der Waals surface area (Å²) in [5.74, 6) is -2.02. The molecule has 0 aliphatic carbocycles. The Hall–Kier alpha value is -4.31. The molecular weight excluding hydrogens is 566 g/mol. The predicted molar refractivity (Wildman–Crippen MR) is 155 cm³/mol. The second-order valence-electron chi connectivity index (χ2n) is 9.20. The summed E-state index contributed by atoms with van der Waals surface area (Å²) in [5, 5.41) is 1.01. The van der Waals surface area contributed by atoms with Crippen molar-refractivity contribution in [2.45, 2.75) is 24.7 Å². The van der Waals surface area contributed by atoms with Gasteiger partial charge in [0, 0.05) is 18.5 Å². The first-order chi connectivity index (χ1) is 19.6. The zero-order valence-electron chi connectivity index (χ0n) is 21.7. The number of halogens is 1. The van der Waals surface area contributed by atoms with Gasteiger partial charge in [0.25, 0.3) is 16.0 Å². The van der Waals surface area contributed by atoms with E-state index >= 15 is 0 Å². The van der Waals surface area contributed by atoms with Crippen molar-refractivity contribution < 1.29 is 32.1 Å². The van der Waals surface area contributed by atoms with E-state index in [9.17, 15) is 27.4 Å². The van der Waals surface area contributed by atoms with Gasteiger partial charge < -0.3 is 10.1 Å². The van der Waals surface area contributed by atoms with E-state index in [1.165, 1.54) is 24.3 Å². The summed E-state index contributed by atoms with van der Waals surface area (Å²) in [6.45, 7) is 0.319. The van der Waals surface area contributed by atoms with Crippen LogP contribution in [-0.2, 0) is 44.0 Å². The van der Waals surface area contributed by atoms with Gasteiger partial charge in [0.15, 0.2) is 11.0 Å². The highest BCUT2D eigenvalue weighted by Gasteiger charge is 2.33. The number of rotatable bonds is 12. The Morgan fingerprint density at radius 1 is 0.805 bits per heavy atom. The van der Waals surface area contributed by atoms with Gasteiger partial charge in [-0.15, -0.1) is 0 Å². The molecule has 0 saturated heterocycles. The van der Waals surface area contributed by atoms with E-state index in [1.807, 2.05) is 30.3 Å². The van der Waals surface area contributed by atoms with Gasteiger partial charge in [0.2, 0.25) is 5.78 Å². The lowest BCUT2D eigenvalue weighted by Gasteiger charge is -2.15. The first-order valence-electron chi connectivity index (χ1n) is 12.5. The second kappa shape index (κ2) is 13.4. The summed E-state index contributed by atoms with van der Waals surface area (Å²) in [6, 6.07) is 28.2. The Bertz CT molecular complexity index is 1660. The molecule has 0 spiro atoms. The van der Waals surface area contributed by atoms with Crippen LogP contribution in [-0.4, -0.2) is 30.4 Å². The quantitative estimate of drug-likeness (QED) is 0.167. The number of benzene rings is 4. The van der Waals surface area contributed by atoms with Crippen LogP contribution in [0.25, 0.3) is 0 Å². The number of hydrogen-bond acceptors (Lipinski definition) is 6. The minimum absolute atomic E-state index is 0.117. The Morgan fingerprint density at radius 2 is 1.44 bits per heavy atom. The first-order valence-corrected chi connectivity index (χ1v) is 14.4. The SMILES string of the molecule is O=C(Cc1ccc(OCc2ccccc2)c(Cl)c1)C(=O)Nc1ccccc1CC(=O)C(c1ccccc1)S(=O)(=O)O. The Balaban J connectivity index is 1.41. The molecule has 0 aliphatic rings. The van der Waals surface area contributed by atoms with Crippen molar-refractivity contribution >= 4 is 44.9 Å². The van der Waals surface area contributed by atoms with Crippen molar-refractivity contribution in [2.24, 2.45) is 0 Å². The molecule has 1 amide bonds. The van der Waals surface area contributed by atoms with Gasteiger partial charge >= 0.3 is 0 Å². The predicted octanol–water partition coefficient (Wildman–Crippen LogP) is 5.41. The zero-order valence-corrected chi connectivity index (χ0v) is 23.3. The standard InChI is InChI=1S/C31H26ClNO7S/c32-25-17-22(15-16-29(25)40-20-21-9-3-1-4-10-21)18-28(35)31(36)33-26-14-8-7-13-24(26)19-27(34)30(41(37,38)39)23-11-5-2-6-12-23/h1-17,30H,18-20H2,(H,33,36)(H,37,38,39). The number of amides is 1. The number of para-hydroxylation sites is 1. The first kappa shape index (κ1) is 29.7. The lowest BCUT2D eigenvalue weighted by Crippen LogP contribution is -2.26. The largest absolute Gasteiger partial charge is 0.487 e. The van der Waals surface area contributed by atoms with Crippen molar-refractivity contribution in [1.82, 2.24) is 0 Å². The van der Waals surface area contributed by atoms with Crippen LogP contribution in [0.5, 0.6) is 5.75 Å². The number of carbonyl (C=O) groups excluding carboxylic acids is 3. The molecule has 0 aliphatic heterocycles. The third kappa shape index (κ3) is 8.11. The topological polar surface area (TPSA) is 127 Å². The minimum atomic E-state index is -4.76. The van der Waals surface area contributed by atoms with Crippen molar-refractivity contribution in [3.63, 3.8) is 0 Å². The monoisotopic (exact) mass is 591 g/mol. The van der Waals surface area contributed by atoms with Gasteiger partial charge in [-0.1, -0.05) is 96.5 Å². The van der Waals surface area contributed by atoms with Gasteiger partial charge in [-0.2, -0.15) is 8.42 Å². The molecule has 2 N–H and O–H groups in total. The average Bonchev–Trinajstić information content (AvgIpc) is 2.94. The average molecular weight is 592 g/mol. The summed E-state index contributed by atoms with van der Waals surface area (Å²) in [4.78, 5) is 38.5. The fourth-order valence-electron chi connectivity index (χ4n) is 4.19. The summed E-state index contributed by atoms with van der Waals surface area (Å²) < 4.78 is 39.6.